The van der Waals surface area contributed by atoms with Gasteiger partial charge in [0.05, 0.1) is 17.8 Å². The zero-order valence-corrected chi connectivity index (χ0v) is 22.9. The van der Waals surface area contributed by atoms with Gasteiger partial charge >= 0.3 is 6.18 Å². The van der Waals surface area contributed by atoms with Crippen molar-refractivity contribution in [1.29, 1.82) is 0 Å². The van der Waals surface area contributed by atoms with Gasteiger partial charge in [-0.2, -0.15) is 13.2 Å². The third-order valence-electron chi connectivity index (χ3n) is 7.64. The Kier molecular flexibility index (Phi) is 8.01. The number of hydrogen-bond donors (Lipinski definition) is 0. The van der Waals surface area contributed by atoms with Crippen LogP contribution in [0.4, 0.5) is 18.9 Å². The van der Waals surface area contributed by atoms with Crippen LogP contribution in [-0.2, 0) is 15.8 Å². The summed E-state index contributed by atoms with van der Waals surface area (Å²) >= 11 is 0. The average Bonchev–Trinajstić information content (AvgIpc) is 3.40. The minimum atomic E-state index is -4.42. The third kappa shape index (κ3) is 6.06. The van der Waals surface area contributed by atoms with Crippen LogP contribution in [0.3, 0.4) is 0 Å². The van der Waals surface area contributed by atoms with Gasteiger partial charge in [-0.05, 0) is 53.9 Å². The number of oxime groups is 1. The average molecular weight is 565 g/mol. The summed E-state index contributed by atoms with van der Waals surface area (Å²) in [5.74, 6) is -0.483. The van der Waals surface area contributed by atoms with Gasteiger partial charge in [0, 0.05) is 43.9 Å². The number of benzene rings is 3. The van der Waals surface area contributed by atoms with E-state index in [1.165, 1.54) is 18.1 Å². The van der Waals surface area contributed by atoms with Crippen molar-refractivity contribution in [1.82, 2.24) is 9.80 Å². The maximum atomic E-state index is 13.7. The van der Waals surface area contributed by atoms with E-state index in [0.29, 0.717) is 43.1 Å². The molecule has 0 aliphatic carbocycles. The number of rotatable bonds is 5. The van der Waals surface area contributed by atoms with Gasteiger partial charge < -0.3 is 19.5 Å². The summed E-state index contributed by atoms with van der Waals surface area (Å²) in [5, 5.41) is 4.02. The molecule has 0 saturated carbocycles. The summed E-state index contributed by atoms with van der Waals surface area (Å²) in [6, 6.07) is 19.8. The summed E-state index contributed by atoms with van der Waals surface area (Å²) < 4.78 is 39.5. The Balaban J connectivity index is 1.29. The molecular formula is C31H31F3N4O3. The lowest BCUT2D eigenvalue weighted by atomic mass is 9.99. The lowest BCUT2D eigenvalue weighted by Crippen LogP contribution is -2.54. The fourth-order valence-electron chi connectivity index (χ4n) is 5.46. The first-order valence-corrected chi connectivity index (χ1v) is 13.4. The first-order valence-electron chi connectivity index (χ1n) is 13.4. The quantitative estimate of drug-likeness (QED) is 0.398. The van der Waals surface area contributed by atoms with Crippen LogP contribution in [0.25, 0.3) is 11.1 Å². The molecule has 0 radical (unpaired) electrons. The summed E-state index contributed by atoms with van der Waals surface area (Å²) in [5.41, 5.74) is 4.03. The van der Waals surface area contributed by atoms with Crippen molar-refractivity contribution in [3.8, 4) is 11.1 Å². The molecule has 2 heterocycles. The van der Waals surface area contributed by atoms with E-state index in [1.807, 2.05) is 48.2 Å². The highest BCUT2D eigenvalue weighted by Gasteiger charge is 2.41. The van der Waals surface area contributed by atoms with E-state index in [2.05, 4.69) is 5.16 Å². The lowest BCUT2D eigenvalue weighted by molar-refractivity contribution is -0.137. The fraction of sp³-hybridized carbons (Fsp3) is 0.323. The van der Waals surface area contributed by atoms with Crippen molar-refractivity contribution in [2.45, 2.75) is 25.6 Å². The maximum absolute atomic E-state index is 13.7. The molecule has 5 rings (SSSR count). The molecule has 0 aromatic heterocycles. The molecule has 7 nitrogen and oxygen atoms in total. The zero-order chi connectivity index (χ0) is 29.1. The van der Waals surface area contributed by atoms with Gasteiger partial charge in [-0.25, -0.2) is 0 Å². The molecule has 2 aliphatic rings. The minimum absolute atomic E-state index is 0.173. The molecule has 2 saturated heterocycles. The standard InChI is InChI=1S/C31H31F3N4O3/c1-21-6-3-4-9-27(21)22-10-12-23(13-11-22)29(39)38-20-25(35-41-2)19-28(38)30(40)37-16-14-36(15-17-37)26-8-5-7-24(18-26)31(32,33)34/h3-13,18,28H,14-17,19-20H2,1-2H3/t28-/m0/s1. The summed E-state index contributed by atoms with van der Waals surface area (Å²) in [4.78, 5) is 37.3. The molecular weight excluding hydrogens is 533 g/mol. The highest BCUT2D eigenvalue weighted by atomic mass is 19.4. The van der Waals surface area contributed by atoms with Crippen LogP contribution in [0.5, 0.6) is 0 Å². The molecule has 0 N–H and O–H groups in total. The van der Waals surface area contributed by atoms with Gasteiger partial charge in [0.25, 0.3) is 5.91 Å². The van der Waals surface area contributed by atoms with Gasteiger partial charge in [-0.3, -0.25) is 9.59 Å². The van der Waals surface area contributed by atoms with E-state index in [1.54, 1.807) is 23.1 Å². The van der Waals surface area contributed by atoms with Crippen LogP contribution in [0.1, 0.15) is 27.9 Å². The Morgan fingerprint density at radius 3 is 2.29 bits per heavy atom. The topological polar surface area (TPSA) is 65.5 Å². The van der Waals surface area contributed by atoms with Crippen LogP contribution in [-0.4, -0.2) is 73.2 Å². The highest BCUT2D eigenvalue weighted by Crippen LogP contribution is 2.32. The predicted molar refractivity (Wildman–Crippen MR) is 151 cm³/mol. The van der Waals surface area contributed by atoms with E-state index in [0.717, 1.165) is 28.8 Å². The predicted octanol–water partition coefficient (Wildman–Crippen LogP) is 5.25. The number of aryl methyl sites for hydroxylation is 1. The van der Waals surface area contributed by atoms with Crippen LogP contribution in [0.2, 0.25) is 0 Å². The van der Waals surface area contributed by atoms with Crippen LogP contribution < -0.4 is 4.90 Å². The van der Waals surface area contributed by atoms with Crippen molar-refractivity contribution in [3.05, 3.63) is 89.5 Å². The monoisotopic (exact) mass is 564 g/mol. The first-order chi connectivity index (χ1) is 19.7. The van der Waals surface area contributed by atoms with Crippen molar-refractivity contribution < 1.29 is 27.6 Å². The number of halogens is 3. The molecule has 214 valence electrons. The second kappa shape index (κ2) is 11.6. The minimum Gasteiger partial charge on any atom is -0.399 e. The molecule has 3 aromatic rings. The Labute approximate surface area is 236 Å². The van der Waals surface area contributed by atoms with E-state index in [4.69, 9.17) is 4.84 Å². The SMILES string of the molecule is CON=C1C[C@@H](C(=O)N2CCN(c3cccc(C(F)(F)F)c3)CC2)N(C(=O)c2ccc(-c3ccccc3C)cc2)C1. The molecule has 1 atom stereocenters. The van der Waals surface area contributed by atoms with Gasteiger partial charge in [0.2, 0.25) is 5.91 Å². The Bertz CT molecular complexity index is 1450. The third-order valence-corrected chi connectivity index (χ3v) is 7.64. The smallest absolute Gasteiger partial charge is 0.399 e. The molecule has 2 amide bonds. The van der Waals surface area contributed by atoms with E-state index in [9.17, 15) is 22.8 Å². The maximum Gasteiger partial charge on any atom is 0.416 e. The number of anilines is 1. The van der Waals surface area contributed by atoms with E-state index < -0.39 is 17.8 Å². The molecule has 2 aliphatic heterocycles. The van der Waals surface area contributed by atoms with Crippen LogP contribution in [0.15, 0.2) is 78.0 Å². The van der Waals surface area contributed by atoms with Crippen LogP contribution in [0, 0.1) is 6.92 Å². The van der Waals surface area contributed by atoms with Gasteiger partial charge in [0.1, 0.15) is 13.2 Å². The Morgan fingerprint density at radius 1 is 0.927 bits per heavy atom. The summed E-state index contributed by atoms with van der Waals surface area (Å²) in [6.45, 7) is 3.63. The van der Waals surface area contributed by atoms with Crippen molar-refractivity contribution in [2.75, 3.05) is 44.7 Å². The van der Waals surface area contributed by atoms with Gasteiger partial charge in [0.15, 0.2) is 0 Å². The fourth-order valence-corrected chi connectivity index (χ4v) is 5.46. The number of amides is 2. The van der Waals surface area contributed by atoms with E-state index in [-0.39, 0.29) is 24.8 Å². The van der Waals surface area contributed by atoms with Crippen LogP contribution >= 0.6 is 0 Å². The highest BCUT2D eigenvalue weighted by molar-refractivity contribution is 6.05. The molecule has 41 heavy (non-hydrogen) atoms. The number of hydrogen-bond acceptors (Lipinski definition) is 5. The van der Waals surface area contributed by atoms with Crippen molar-refractivity contribution in [2.24, 2.45) is 5.16 Å². The molecule has 0 unspecified atom stereocenters. The number of carbonyl (C=O) groups excluding carboxylic acids is 2. The Morgan fingerprint density at radius 2 is 1.63 bits per heavy atom. The second-order valence-corrected chi connectivity index (χ2v) is 10.2. The number of carbonyl (C=O) groups is 2. The summed E-state index contributed by atoms with van der Waals surface area (Å²) in [6.07, 6.45) is -4.16. The molecule has 0 spiro atoms. The number of nitrogens with zero attached hydrogens (tertiary/aromatic N) is 4. The number of piperazine rings is 1. The number of likely N-dealkylation sites (tertiary alicyclic amines) is 1. The number of alkyl halides is 3. The second-order valence-electron chi connectivity index (χ2n) is 10.2. The lowest BCUT2D eigenvalue weighted by Gasteiger charge is -2.38. The zero-order valence-electron chi connectivity index (χ0n) is 22.9. The van der Waals surface area contributed by atoms with Gasteiger partial charge in [-0.15, -0.1) is 0 Å². The molecule has 2 fully saturated rings. The van der Waals surface area contributed by atoms with E-state index >= 15 is 0 Å². The largest absolute Gasteiger partial charge is 0.416 e. The summed E-state index contributed by atoms with van der Waals surface area (Å²) in [7, 11) is 1.42. The first kappa shape index (κ1) is 28.2. The molecule has 10 heteroatoms. The molecule has 0 bridgehead atoms. The molecule has 3 aromatic carbocycles. The van der Waals surface area contributed by atoms with Crippen molar-refractivity contribution in [3.63, 3.8) is 0 Å². The van der Waals surface area contributed by atoms with Crippen molar-refractivity contribution >= 4 is 23.2 Å². The Hall–Kier alpha value is -4.34. The normalized spacial score (nSPS) is 18.6. The van der Waals surface area contributed by atoms with Gasteiger partial charge in [-0.1, -0.05) is 47.6 Å².